The third-order valence-electron chi connectivity index (χ3n) is 2.39. The summed E-state index contributed by atoms with van der Waals surface area (Å²) >= 11 is 4.96. The highest BCUT2D eigenvalue weighted by Gasteiger charge is 2.08. The Kier molecular flexibility index (Phi) is 4.12. The van der Waals surface area contributed by atoms with Crippen LogP contribution in [0.1, 0.15) is 29.7 Å². The predicted octanol–water partition coefficient (Wildman–Crippen LogP) is 3.14. The number of hydrogen-bond donors (Lipinski definition) is 1. The molecule has 0 radical (unpaired) electrons. The first kappa shape index (κ1) is 12.5. The number of rotatable bonds is 4. The minimum atomic E-state index is -0.0880. The molecule has 0 saturated heterocycles. The lowest BCUT2D eigenvalue weighted by Crippen LogP contribution is -2.15. The van der Waals surface area contributed by atoms with Crippen LogP contribution >= 0.6 is 27.3 Å². The summed E-state index contributed by atoms with van der Waals surface area (Å²) < 4.78 is 0.564. The first-order valence-corrected chi connectivity index (χ1v) is 7.18. The van der Waals surface area contributed by atoms with Gasteiger partial charge >= 0.3 is 0 Å². The summed E-state index contributed by atoms with van der Waals surface area (Å²) in [6.45, 7) is 2.08. The summed E-state index contributed by atoms with van der Waals surface area (Å²) in [5, 5.41) is 2.03. The Morgan fingerprint density at radius 2 is 2.35 bits per heavy atom. The molecule has 0 spiro atoms. The van der Waals surface area contributed by atoms with Crippen LogP contribution in [0.5, 0.6) is 0 Å². The molecule has 0 saturated carbocycles. The molecule has 17 heavy (non-hydrogen) atoms. The monoisotopic (exact) mass is 312 g/mol. The van der Waals surface area contributed by atoms with Crippen molar-refractivity contribution in [3.8, 4) is 0 Å². The minimum absolute atomic E-state index is 0.0880. The SMILES string of the molecule is CCCc1nc(Cc2cccs2)[nH]c(=O)c1Br. The molecule has 5 heteroatoms. The molecule has 0 aliphatic carbocycles. The number of hydrogen-bond acceptors (Lipinski definition) is 3. The number of nitrogens with one attached hydrogen (secondary N) is 1. The van der Waals surface area contributed by atoms with Crippen molar-refractivity contribution >= 4 is 27.3 Å². The Morgan fingerprint density at radius 1 is 1.53 bits per heavy atom. The fourth-order valence-electron chi connectivity index (χ4n) is 1.62. The van der Waals surface area contributed by atoms with Gasteiger partial charge < -0.3 is 4.98 Å². The first-order chi connectivity index (χ1) is 8.20. The zero-order valence-electron chi connectivity index (χ0n) is 9.50. The van der Waals surface area contributed by atoms with E-state index in [0.717, 1.165) is 24.4 Å². The van der Waals surface area contributed by atoms with Crippen LogP contribution < -0.4 is 5.56 Å². The van der Waals surface area contributed by atoms with E-state index in [1.165, 1.54) is 4.88 Å². The van der Waals surface area contributed by atoms with Gasteiger partial charge in [-0.2, -0.15) is 0 Å². The maximum Gasteiger partial charge on any atom is 0.265 e. The van der Waals surface area contributed by atoms with Gasteiger partial charge in [0.05, 0.1) is 5.69 Å². The van der Waals surface area contributed by atoms with Gasteiger partial charge in [-0.05, 0) is 33.8 Å². The van der Waals surface area contributed by atoms with Gasteiger partial charge in [0.25, 0.3) is 5.56 Å². The summed E-state index contributed by atoms with van der Waals surface area (Å²) in [4.78, 5) is 20.2. The molecule has 0 amide bonds. The van der Waals surface area contributed by atoms with Crippen molar-refractivity contribution in [3.63, 3.8) is 0 Å². The average Bonchev–Trinajstić information content (AvgIpc) is 2.78. The number of aromatic amines is 1. The fraction of sp³-hybridized carbons (Fsp3) is 0.333. The van der Waals surface area contributed by atoms with Gasteiger partial charge in [0.2, 0.25) is 0 Å². The van der Waals surface area contributed by atoms with E-state index < -0.39 is 0 Å². The number of thiophene rings is 1. The predicted molar refractivity (Wildman–Crippen MR) is 73.7 cm³/mol. The van der Waals surface area contributed by atoms with Gasteiger partial charge in [0.1, 0.15) is 10.3 Å². The van der Waals surface area contributed by atoms with Crippen LogP contribution in [-0.4, -0.2) is 9.97 Å². The van der Waals surface area contributed by atoms with E-state index in [-0.39, 0.29) is 5.56 Å². The molecule has 0 unspecified atom stereocenters. The highest BCUT2D eigenvalue weighted by atomic mass is 79.9. The molecule has 0 fully saturated rings. The van der Waals surface area contributed by atoms with Crippen molar-refractivity contribution in [2.45, 2.75) is 26.2 Å². The standard InChI is InChI=1S/C12H13BrN2OS/c1-2-4-9-11(13)12(16)15-10(14-9)7-8-5-3-6-17-8/h3,5-6H,2,4,7H2,1H3,(H,14,15,16). The topological polar surface area (TPSA) is 45.8 Å². The Morgan fingerprint density at radius 3 is 3.00 bits per heavy atom. The Bertz CT molecular complexity index is 548. The quantitative estimate of drug-likeness (QED) is 0.942. The maximum atomic E-state index is 11.7. The van der Waals surface area contributed by atoms with Gasteiger partial charge in [-0.25, -0.2) is 4.98 Å². The van der Waals surface area contributed by atoms with Crippen molar-refractivity contribution in [3.05, 3.63) is 48.7 Å². The van der Waals surface area contributed by atoms with Crippen molar-refractivity contribution in [1.29, 1.82) is 0 Å². The number of nitrogens with zero attached hydrogens (tertiary/aromatic N) is 1. The lowest BCUT2D eigenvalue weighted by molar-refractivity contribution is 0.825. The average molecular weight is 313 g/mol. The van der Waals surface area contributed by atoms with Crippen molar-refractivity contribution in [1.82, 2.24) is 9.97 Å². The number of aromatic nitrogens is 2. The minimum Gasteiger partial charge on any atom is -0.309 e. The highest BCUT2D eigenvalue weighted by molar-refractivity contribution is 9.10. The highest BCUT2D eigenvalue weighted by Crippen LogP contribution is 2.15. The van der Waals surface area contributed by atoms with E-state index in [0.29, 0.717) is 10.9 Å². The third kappa shape index (κ3) is 3.04. The summed E-state index contributed by atoms with van der Waals surface area (Å²) in [5.41, 5.74) is 0.762. The van der Waals surface area contributed by atoms with E-state index in [4.69, 9.17) is 0 Å². The van der Waals surface area contributed by atoms with Gasteiger partial charge in [-0.1, -0.05) is 19.4 Å². The maximum absolute atomic E-state index is 11.7. The second-order valence-corrected chi connectivity index (χ2v) is 5.60. The zero-order chi connectivity index (χ0) is 12.3. The van der Waals surface area contributed by atoms with Gasteiger partial charge in [-0.3, -0.25) is 4.79 Å². The Balaban J connectivity index is 2.32. The van der Waals surface area contributed by atoms with Crippen LogP contribution in [0.4, 0.5) is 0 Å². The molecule has 1 N–H and O–H groups in total. The van der Waals surface area contributed by atoms with Gasteiger partial charge in [0.15, 0.2) is 0 Å². The lowest BCUT2D eigenvalue weighted by atomic mass is 10.2. The molecule has 3 nitrogen and oxygen atoms in total. The molecule has 2 heterocycles. The van der Waals surface area contributed by atoms with Crippen LogP contribution in [-0.2, 0) is 12.8 Å². The summed E-state index contributed by atoms with van der Waals surface area (Å²) in [6, 6.07) is 4.05. The molecule has 90 valence electrons. The second kappa shape index (κ2) is 5.60. The molecule has 0 atom stereocenters. The second-order valence-electron chi connectivity index (χ2n) is 3.78. The van der Waals surface area contributed by atoms with Crippen LogP contribution in [0.3, 0.4) is 0 Å². The molecule has 0 aliphatic heterocycles. The number of halogens is 1. The largest absolute Gasteiger partial charge is 0.309 e. The van der Waals surface area contributed by atoms with E-state index in [1.807, 2.05) is 17.5 Å². The fourth-order valence-corrected chi connectivity index (χ4v) is 2.72. The smallest absolute Gasteiger partial charge is 0.265 e. The summed E-state index contributed by atoms with van der Waals surface area (Å²) in [7, 11) is 0. The molecular weight excluding hydrogens is 300 g/mol. The zero-order valence-corrected chi connectivity index (χ0v) is 11.9. The summed E-state index contributed by atoms with van der Waals surface area (Å²) in [6.07, 6.45) is 2.49. The van der Waals surface area contributed by atoms with Gasteiger partial charge in [0, 0.05) is 11.3 Å². The Hall–Kier alpha value is -0.940. The van der Waals surface area contributed by atoms with Gasteiger partial charge in [-0.15, -0.1) is 11.3 Å². The summed E-state index contributed by atoms with van der Waals surface area (Å²) in [5.74, 6) is 0.740. The number of aryl methyl sites for hydroxylation is 1. The first-order valence-electron chi connectivity index (χ1n) is 5.50. The molecule has 2 aromatic heterocycles. The van der Waals surface area contributed by atoms with Crippen LogP contribution in [0.2, 0.25) is 0 Å². The van der Waals surface area contributed by atoms with E-state index >= 15 is 0 Å². The molecule has 2 rings (SSSR count). The molecule has 0 bridgehead atoms. The third-order valence-corrected chi connectivity index (χ3v) is 4.08. The van der Waals surface area contributed by atoms with Crippen LogP contribution in [0.15, 0.2) is 26.8 Å². The lowest BCUT2D eigenvalue weighted by Gasteiger charge is -2.04. The normalized spacial score (nSPS) is 10.7. The van der Waals surface area contributed by atoms with Crippen LogP contribution in [0, 0.1) is 0 Å². The van der Waals surface area contributed by atoms with Crippen molar-refractivity contribution < 1.29 is 0 Å². The van der Waals surface area contributed by atoms with Crippen molar-refractivity contribution in [2.24, 2.45) is 0 Å². The van der Waals surface area contributed by atoms with E-state index in [1.54, 1.807) is 11.3 Å². The van der Waals surface area contributed by atoms with E-state index in [9.17, 15) is 4.79 Å². The molecular formula is C12H13BrN2OS. The van der Waals surface area contributed by atoms with Crippen molar-refractivity contribution in [2.75, 3.05) is 0 Å². The van der Waals surface area contributed by atoms with Crippen LogP contribution in [0.25, 0.3) is 0 Å². The number of H-pyrrole nitrogens is 1. The van der Waals surface area contributed by atoms with E-state index in [2.05, 4.69) is 32.8 Å². The molecule has 2 aromatic rings. The molecule has 0 aromatic carbocycles. The Labute approximate surface area is 112 Å². The molecule has 0 aliphatic rings.